The lowest BCUT2D eigenvalue weighted by molar-refractivity contribution is -0.386. The van der Waals surface area contributed by atoms with Crippen molar-refractivity contribution in [1.82, 2.24) is 0 Å². The molecule has 104 valence electrons. The number of hydrogen-bond acceptors (Lipinski definition) is 4. The Morgan fingerprint density at radius 1 is 1.32 bits per heavy atom. The van der Waals surface area contributed by atoms with Gasteiger partial charge in [0.2, 0.25) is 0 Å². The molecule has 0 aromatic heterocycles. The number of carbonyl (C=O) groups is 1. The van der Waals surface area contributed by atoms with Gasteiger partial charge in [0.1, 0.15) is 5.78 Å². The fourth-order valence-electron chi connectivity index (χ4n) is 1.57. The number of nitro benzene ring substituents is 1. The van der Waals surface area contributed by atoms with E-state index in [1.807, 2.05) is 13.8 Å². The summed E-state index contributed by atoms with van der Waals surface area (Å²) in [5, 5.41) is 10.9. The van der Waals surface area contributed by atoms with E-state index in [0.717, 1.165) is 5.56 Å². The Labute approximate surface area is 112 Å². The van der Waals surface area contributed by atoms with Crippen LogP contribution in [0.25, 0.3) is 0 Å². The summed E-state index contributed by atoms with van der Waals surface area (Å²) in [6.07, 6.45) is 0.110. The van der Waals surface area contributed by atoms with Crippen molar-refractivity contribution in [1.29, 1.82) is 0 Å². The van der Waals surface area contributed by atoms with Gasteiger partial charge < -0.3 is 4.74 Å². The maximum absolute atomic E-state index is 11.7. The molecule has 0 amide bonds. The van der Waals surface area contributed by atoms with Crippen molar-refractivity contribution in [2.24, 2.45) is 5.92 Å². The van der Waals surface area contributed by atoms with Crippen LogP contribution in [-0.2, 0) is 11.2 Å². The maximum atomic E-state index is 11.7. The highest BCUT2D eigenvalue weighted by Crippen LogP contribution is 2.29. The summed E-state index contributed by atoms with van der Waals surface area (Å²) in [6, 6.07) is 4.57. The summed E-state index contributed by atoms with van der Waals surface area (Å²) in [6.45, 7) is 7.27. The van der Waals surface area contributed by atoms with E-state index in [1.54, 1.807) is 26.0 Å². The Morgan fingerprint density at radius 3 is 2.42 bits per heavy atom. The first-order chi connectivity index (χ1) is 8.81. The molecular weight excluding hydrogens is 246 g/mol. The van der Waals surface area contributed by atoms with Crippen molar-refractivity contribution in [2.75, 3.05) is 0 Å². The zero-order chi connectivity index (χ0) is 14.6. The second-order valence-corrected chi connectivity index (χ2v) is 5.02. The fourth-order valence-corrected chi connectivity index (χ4v) is 1.57. The molecule has 1 aromatic rings. The number of carbonyl (C=O) groups excluding carboxylic acids is 1. The largest absolute Gasteiger partial charge is 0.484 e. The van der Waals surface area contributed by atoms with Crippen molar-refractivity contribution in [3.63, 3.8) is 0 Å². The minimum atomic E-state index is -0.480. The third-order valence-corrected chi connectivity index (χ3v) is 2.61. The van der Waals surface area contributed by atoms with E-state index in [0.29, 0.717) is 0 Å². The molecule has 1 aromatic carbocycles. The lowest BCUT2D eigenvalue weighted by atomic mass is 10.0. The van der Waals surface area contributed by atoms with Gasteiger partial charge in [0.05, 0.1) is 11.0 Å². The molecule has 0 N–H and O–H groups in total. The first-order valence-electron chi connectivity index (χ1n) is 6.28. The van der Waals surface area contributed by atoms with Crippen molar-refractivity contribution < 1.29 is 14.5 Å². The van der Waals surface area contributed by atoms with Gasteiger partial charge >= 0.3 is 5.69 Å². The standard InChI is InChI=1S/C14H19NO4/c1-9(2)13(16)7-11-5-6-12(15(17)18)14(8-11)19-10(3)4/h5-6,8-10H,7H2,1-4H3. The van der Waals surface area contributed by atoms with E-state index >= 15 is 0 Å². The highest BCUT2D eigenvalue weighted by atomic mass is 16.6. The average molecular weight is 265 g/mol. The minimum absolute atomic E-state index is 0.0512. The summed E-state index contributed by atoms with van der Waals surface area (Å²) in [7, 11) is 0. The van der Waals surface area contributed by atoms with Crippen LogP contribution in [0.3, 0.4) is 0 Å². The summed E-state index contributed by atoms with van der Waals surface area (Å²) >= 11 is 0. The monoisotopic (exact) mass is 265 g/mol. The summed E-state index contributed by atoms with van der Waals surface area (Å²) in [4.78, 5) is 22.1. The average Bonchev–Trinajstić information content (AvgIpc) is 2.27. The highest BCUT2D eigenvalue weighted by molar-refractivity contribution is 5.82. The second-order valence-electron chi connectivity index (χ2n) is 5.02. The van der Waals surface area contributed by atoms with Crippen LogP contribution in [0.4, 0.5) is 5.69 Å². The Morgan fingerprint density at radius 2 is 1.95 bits per heavy atom. The molecule has 0 bridgehead atoms. The minimum Gasteiger partial charge on any atom is -0.484 e. The van der Waals surface area contributed by atoms with Crippen LogP contribution in [0, 0.1) is 16.0 Å². The lowest BCUT2D eigenvalue weighted by Gasteiger charge is -2.11. The third kappa shape index (κ3) is 4.35. The number of benzene rings is 1. The molecule has 0 aliphatic carbocycles. The van der Waals surface area contributed by atoms with Crippen LogP contribution in [-0.4, -0.2) is 16.8 Å². The quantitative estimate of drug-likeness (QED) is 0.585. The molecule has 0 saturated carbocycles. The van der Waals surface area contributed by atoms with Gasteiger partial charge in [-0.1, -0.05) is 19.9 Å². The van der Waals surface area contributed by atoms with Crippen LogP contribution in [0.15, 0.2) is 18.2 Å². The normalized spacial score (nSPS) is 10.8. The topological polar surface area (TPSA) is 69.4 Å². The molecule has 1 rings (SSSR count). The van der Waals surface area contributed by atoms with Gasteiger partial charge in [-0.2, -0.15) is 0 Å². The van der Waals surface area contributed by atoms with Crippen LogP contribution in [0.1, 0.15) is 33.3 Å². The van der Waals surface area contributed by atoms with E-state index < -0.39 is 4.92 Å². The van der Waals surface area contributed by atoms with Gasteiger partial charge in [-0.05, 0) is 25.5 Å². The van der Waals surface area contributed by atoms with E-state index in [4.69, 9.17) is 4.74 Å². The number of ketones is 1. The van der Waals surface area contributed by atoms with Gasteiger partial charge in [-0.15, -0.1) is 0 Å². The van der Waals surface area contributed by atoms with Crippen molar-refractivity contribution in [3.05, 3.63) is 33.9 Å². The van der Waals surface area contributed by atoms with Crippen molar-refractivity contribution in [2.45, 2.75) is 40.2 Å². The maximum Gasteiger partial charge on any atom is 0.310 e. The van der Waals surface area contributed by atoms with Crippen LogP contribution in [0.5, 0.6) is 5.75 Å². The van der Waals surface area contributed by atoms with Gasteiger partial charge in [0, 0.05) is 18.4 Å². The number of rotatable bonds is 6. The first-order valence-corrected chi connectivity index (χ1v) is 6.28. The molecule has 0 radical (unpaired) electrons. The number of nitro groups is 1. The molecule has 0 fully saturated rings. The Bertz CT molecular complexity index is 480. The number of Topliss-reactive ketones (excluding diaryl/α,β-unsaturated/α-hetero) is 1. The Kier molecular flexibility index (Phi) is 5.03. The van der Waals surface area contributed by atoms with Gasteiger partial charge in [0.15, 0.2) is 5.75 Å². The van der Waals surface area contributed by atoms with Crippen LogP contribution in [0.2, 0.25) is 0 Å². The SMILES string of the molecule is CC(C)Oc1cc(CC(=O)C(C)C)ccc1[N+](=O)[O-]. The molecule has 0 aliphatic heterocycles. The van der Waals surface area contributed by atoms with Crippen LogP contribution < -0.4 is 4.74 Å². The molecule has 0 heterocycles. The molecule has 0 aliphatic rings. The molecule has 19 heavy (non-hydrogen) atoms. The third-order valence-electron chi connectivity index (χ3n) is 2.61. The highest BCUT2D eigenvalue weighted by Gasteiger charge is 2.18. The molecule has 0 saturated heterocycles. The molecule has 0 atom stereocenters. The van der Waals surface area contributed by atoms with E-state index in [1.165, 1.54) is 6.07 Å². The first kappa shape index (κ1) is 15.1. The predicted octanol–water partition coefficient (Wildman–Crippen LogP) is 3.15. The molecular formula is C14H19NO4. The van der Waals surface area contributed by atoms with Gasteiger partial charge in [0.25, 0.3) is 0 Å². The summed E-state index contributed by atoms with van der Waals surface area (Å²) in [5.74, 6) is 0.267. The fraction of sp³-hybridized carbons (Fsp3) is 0.500. The van der Waals surface area contributed by atoms with Crippen molar-refractivity contribution in [3.8, 4) is 5.75 Å². The predicted molar refractivity (Wildman–Crippen MR) is 72.4 cm³/mol. The van der Waals surface area contributed by atoms with Crippen LogP contribution >= 0.6 is 0 Å². The van der Waals surface area contributed by atoms with Crippen molar-refractivity contribution >= 4 is 11.5 Å². The molecule has 5 nitrogen and oxygen atoms in total. The van der Waals surface area contributed by atoms with Gasteiger partial charge in [-0.3, -0.25) is 14.9 Å². The van der Waals surface area contributed by atoms with Gasteiger partial charge in [-0.25, -0.2) is 0 Å². The number of ether oxygens (including phenoxy) is 1. The zero-order valence-electron chi connectivity index (χ0n) is 11.7. The molecule has 0 spiro atoms. The number of hydrogen-bond donors (Lipinski definition) is 0. The summed E-state index contributed by atoms with van der Waals surface area (Å²) < 4.78 is 5.44. The Balaban J connectivity index is 3.04. The molecule has 5 heteroatoms. The van der Waals surface area contributed by atoms with E-state index in [9.17, 15) is 14.9 Å². The Hall–Kier alpha value is -1.91. The molecule has 0 unspecified atom stereocenters. The van der Waals surface area contributed by atoms with E-state index in [2.05, 4.69) is 0 Å². The second kappa shape index (κ2) is 6.31. The smallest absolute Gasteiger partial charge is 0.310 e. The zero-order valence-corrected chi connectivity index (χ0v) is 11.7. The number of nitrogens with zero attached hydrogens (tertiary/aromatic N) is 1. The lowest BCUT2D eigenvalue weighted by Crippen LogP contribution is -2.11. The summed E-state index contributed by atoms with van der Waals surface area (Å²) in [5.41, 5.74) is 0.661. The van der Waals surface area contributed by atoms with E-state index in [-0.39, 0.29) is 35.7 Å².